The van der Waals surface area contributed by atoms with Crippen LogP contribution in [0.25, 0.3) is 0 Å². The predicted molar refractivity (Wildman–Crippen MR) is 111 cm³/mol. The monoisotopic (exact) mass is 411 g/mol. The Morgan fingerprint density at radius 1 is 0.897 bits per heavy atom. The lowest BCUT2D eigenvalue weighted by atomic mass is 10.2. The van der Waals surface area contributed by atoms with Crippen molar-refractivity contribution in [3.63, 3.8) is 0 Å². The third kappa shape index (κ3) is 4.25. The Morgan fingerprint density at radius 2 is 1.52 bits per heavy atom. The minimum Gasteiger partial charge on any atom is -0.497 e. The van der Waals surface area contributed by atoms with Gasteiger partial charge in [-0.25, -0.2) is 8.42 Å². The Bertz CT molecular complexity index is 1080. The maximum Gasteiger partial charge on any atom is 0.276 e. The molecule has 0 aromatic heterocycles. The van der Waals surface area contributed by atoms with Crippen LogP contribution in [0, 0.1) is 0 Å². The van der Waals surface area contributed by atoms with Crippen molar-refractivity contribution in [3.8, 4) is 11.5 Å². The zero-order valence-corrected chi connectivity index (χ0v) is 16.9. The van der Waals surface area contributed by atoms with Crippen molar-refractivity contribution in [2.24, 2.45) is 0 Å². The molecule has 0 atom stereocenters. The van der Waals surface area contributed by atoms with E-state index in [4.69, 9.17) is 9.47 Å². The number of anilines is 1. The van der Waals surface area contributed by atoms with E-state index in [0.29, 0.717) is 18.1 Å². The molecular weight excluding hydrogens is 390 g/mol. The van der Waals surface area contributed by atoms with Gasteiger partial charge in [-0.1, -0.05) is 30.3 Å². The zero-order chi connectivity index (χ0) is 20.9. The number of ether oxygens (including phenoxy) is 2. The SMILES string of the molecule is CCOc1ccccc1C(=O)N(c1ccc(OC)cc1)S(=O)(=O)c1ccccc1. The minimum atomic E-state index is -4.17. The van der Waals surface area contributed by atoms with Gasteiger partial charge in [0.15, 0.2) is 0 Å². The summed E-state index contributed by atoms with van der Waals surface area (Å²) in [6.07, 6.45) is 0. The molecule has 0 fully saturated rings. The van der Waals surface area contributed by atoms with Crippen molar-refractivity contribution < 1.29 is 22.7 Å². The van der Waals surface area contributed by atoms with Crippen LogP contribution in [-0.2, 0) is 10.0 Å². The molecule has 150 valence electrons. The Morgan fingerprint density at radius 3 is 2.14 bits per heavy atom. The lowest BCUT2D eigenvalue weighted by molar-refractivity contribution is 0.100. The zero-order valence-electron chi connectivity index (χ0n) is 16.1. The first-order valence-corrected chi connectivity index (χ1v) is 10.4. The second-order valence-corrected chi connectivity index (χ2v) is 7.80. The summed E-state index contributed by atoms with van der Waals surface area (Å²) in [7, 11) is -2.65. The van der Waals surface area contributed by atoms with Crippen molar-refractivity contribution >= 4 is 21.6 Å². The van der Waals surface area contributed by atoms with Gasteiger partial charge < -0.3 is 9.47 Å². The van der Waals surface area contributed by atoms with Crippen molar-refractivity contribution in [2.75, 3.05) is 18.0 Å². The Balaban J connectivity index is 2.16. The molecule has 0 aliphatic carbocycles. The van der Waals surface area contributed by atoms with E-state index in [1.165, 1.54) is 31.4 Å². The number of carbonyl (C=O) groups is 1. The summed E-state index contributed by atoms with van der Waals surface area (Å²) in [6, 6.07) is 20.7. The molecule has 0 unspecified atom stereocenters. The average Bonchev–Trinajstić information content (AvgIpc) is 2.75. The van der Waals surface area contributed by atoms with Crippen LogP contribution in [-0.4, -0.2) is 28.0 Å². The normalized spacial score (nSPS) is 11.0. The van der Waals surface area contributed by atoms with Crippen LogP contribution in [0.2, 0.25) is 0 Å². The largest absolute Gasteiger partial charge is 0.497 e. The highest BCUT2D eigenvalue weighted by Gasteiger charge is 2.33. The smallest absolute Gasteiger partial charge is 0.276 e. The number of hydrogen-bond acceptors (Lipinski definition) is 5. The molecule has 0 heterocycles. The first-order chi connectivity index (χ1) is 14.0. The van der Waals surface area contributed by atoms with Gasteiger partial charge in [0.25, 0.3) is 15.9 Å². The molecule has 0 bridgehead atoms. The molecule has 7 heteroatoms. The lowest BCUT2D eigenvalue weighted by Gasteiger charge is -2.24. The van der Waals surface area contributed by atoms with E-state index in [1.807, 2.05) is 0 Å². The summed E-state index contributed by atoms with van der Waals surface area (Å²) < 4.78 is 38.3. The molecule has 3 rings (SSSR count). The van der Waals surface area contributed by atoms with Crippen LogP contribution in [0.5, 0.6) is 11.5 Å². The van der Waals surface area contributed by atoms with Crippen LogP contribution in [0.4, 0.5) is 5.69 Å². The maximum absolute atomic E-state index is 13.5. The van der Waals surface area contributed by atoms with E-state index >= 15 is 0 Å². The van der Waals surface area contributed by atoms with Crippen molar-refractivity contribution in [3.05, 3.63) is 84.4 Å². The second kappa shape index (κ2) is 8.79. The number of hydrogen-bond donors (Lipinski definition) is 0. The van der Waals surface area contributed by atoms with Gasteiger partial charge in [-0.05, 0) is 55.5 Å². The van der Waals surface area contributed by atoms with Crippen LogP contribution < -0.4 is 13.8 Å². The molecule has 6 nitrogen and oxygen atoms in total. The number of carbonyl (C=O) groups excluding carboxylic acids is 1. The molecule has 29 heavy (non-hydrogen) atoms. The molecule has 0 radical (unpaired) electrons. The minimum absolute atomic E-state index is 0.0121. The van der Waals surface area contributed by atoms with E-state index < -0.39 is 15.9 Å². The predicted octanol–water partition coefficient (Wildman–Crippen LogP) is 4.13. The quantitative estimate of drug-likeness (QED) is 0.585. The van der Waals surface area contributed by atoms with Crippen LogP contribution >= 0.6 is 0 Å². The molecule has 3 aromatic rings. The van der Waals surface area contributed by atoms with Crippen molar-refractivity contribution in [2.45, 2.75) is 11.8 Å². The maximum atomic E-state index is 13.5. The highest BCUT2D eigenvalue weighted by Crippen LogP contribution is 2.30. The third-order valence-corrected chi connectivity index (χ3v) is 5.92. The Hall–Kier alpha value is -3.32. The number of rotatable bonds is 7. The van der Waals surface area contributed by atoms with E-state index in [9.17, 15) is 13.2 Å². The molecule has 0 aliphatic heterocycles. The fraction of sp³-hybridized carbons (Fsp3) is 0.136. The Labute approximate surface area is 170 Å². The Kier molecular flexibility index (Phi) is 6.19. The van der Waals surface area contributed by atoms with Gasteiger partial charge in [-0.3, -0.25) is 4.79 Å². The number of nitrogens with zero attached hydrogens (tertiary/aromatic N) is 1. The number of sulfonamides is 1. The molecule has 1 amide bonds. The molecule has 0 spiro atoms. The first kappa shape index (κ1) is 20.4. The summed E-state index contributed by atoms with van der Waals surface area (Å²) in [5, 5.41) is 0. The summed E-state index contributed by atoms with van der Waals surface area (Å²) in [4.78, 5) is 13.5. The van der Waals surface area contributed by atoms with Gasteiger partial charge in [0, 0.05) is 0 Å². The van der Waals surface area contributed by atoms with Gasteiger partial charge in [0.1, 0.15) is 11.5 Å². The van der Waals surface area contributed by atoms with E-state index in [0.717, 1.165) is 4.31 Å². The number of amides is 1. The van der Waals surface area contributed by atoms with Crippen molar-refractivity contribution in [1.82, 2.24) is 0 Å². The van der Waals surface area contributed by atoms with Gasteiger partial charge >= 0.3 is 0 Å². The van der Waals surface area contributed by atoms with Gasteiger partial charge in [-0.2, -0.15) is 4.31 Å². The third-order valence-electron chi connectivity index (χ3n) is 4.19. The molecule has 0 saturated carbocycles. The second-order valence-electron chi connectivity index (χ2n) is 6.01. The standard InChI is InChI=1S/C22H21NO5S/c1-3-28-21-12-8-7-11-20(21)22(24)23(17-13-15-18(27-2)16-14-17)29(25,26)19-9-5-4-6-10-19/h4-16H,3H2,1-2H3. The van der Waals surface area contributed by atoms with Gasteiger partial charge in [0.2, 0.25) is 0 Å². The van der Waals surface area contributed by atoms with Crippen LogP contribution in [0.1, 0.15) is 17.3 Å². The van der Waals surface area contributed by atoms with Crippen molar-refractivity contribution in [1.29, 1.82) is 0 Å². The number of benzene rings is 3. The van der Waals surface area contributed by atoms with Crippen LogP contribution in [0.15, 0.2) is 83.8 Å². The number of methoxy groups -OCH3 is 1. The highest BCUT2D eigenvalue weighted by atomic mass is 32.2. The summed E-state index contributed by atoms with van der Waals surface area (Å²) in [6.45, 7) is 2.14. The van der Waals surface area contributed by atoms with E-state index in [1.54, 1.807) is 61.5 Å². The van der Waals surface area contributed by atoms with Crippen LogP contribution in [0.3, 0.4) is 0 Å². The number of para-hydroxylation sites is 1. The lowest BCUT2D eigenvalue weighted by Crippen LogP contribution is -2.37. The van der Waals surface area contributed by atoms with Gasteiger partial charge in [-0.15, -0.1) is 0 Å². The van der Waals surface area contributed by atoms with E-state index in [2.05, 4.69) is 0 Å². The molecular formula is C22H21NO5S. The highest BCUT2D eigenvalue weighted by molar-refractivity contribution is 7.93. The summed E-state index contributed by atoms with van der Waals surface area (Å²) in [5.41, 5.74) is 0.357. The molecule has 0 N–H and O–H groups in total. The summed E-state index contributed by atoms with van der Waals surface area (Å²) >= 11 is 0. The van der Waals surface area contributed by atoms with E-state index in [-0.39, 0.29) is 16.1 Å². The van der Waals surface area contributed by atoms with Gasteiger partial charge in [0.05, 0.1) is 29.9 Å². The first-order valence-electron chi connectivity index (χ1n) is 8.99. The fourth-order valence-corrected chi connectivity index (χ4v) is 4.24. The molecule has 3 aromatic carbocycles. The fourth-order valence-electron chi connectivity index (χ4n) is 2.81. The molecule has 0 saturated heterocycles. The summed E-state index contributed by atoms with van der Waals surface area (Å²) in [5.74, 6) is 0.165. The average molecular weight is 411 g/mol. The topological polar surface area (TPSA) is 72.9 Å². The molecule has 0 aliphatic rings.